The van der Waals surface area contributed by atoms with Gasteiger partial charge >= 0.3 is 0 Å². The molecular weight excluding hydrogens is 744 g/mol. The van der Waals surface area contributed by atoms with Crippen molar-refractivity contribution in [3.05, 3.63) is 77.1 Å². The van der Waals surface area contributed by atoms with Gasteiger partial charge in [0, 0.05) is 52.8 Å². The Bertz CT molecular complexity index is 1790. The molecule has 1 heterocycles. The number of sulfone groups is 1. The van der Waals surface area contributed by atoms with Crippen molar-refractivity contribution < 1.29 is 48.2 Å². The molecule has 3 aromatic rings. The fourth-order valence-corrected chi connectivity index (χ4v) is 7.82. The van der Waals surface area contributed by atoms with Crippen molar-refractivity contribution in [3.63, 3.8) is 0 Å². The molecule has 290 valence electrons. The molecule has 0 aliphatic heterocycles. The average Bonchev–Trinajstić information content (AvgIpc) is 4.10. The highest BCUT2D eigenvalue weighted by molar-refractivity contribution is 7.99. The summed E-state index contributed by atoms with van der Waals surface area (Å²) in [6.07, 6.45) is 2.34. The molecule has 2 fully saturated rings. The number of thioether (sulfide) groups is 1. The summed E-state index contributed by atoms with van der Waals surface area (Å²) in [5.41, 5.74) is 3.47. The molecule has 53 heavy (non-hydrogen) atoms. The molecule has 0 bridgehead atoms. The SMILES string of the molecule is CS(=O)(=O)CCCN(CCCCSc1ccc(Cl)c(COC2(c3cnccc3-c3ccccc3OC3CC3)CC2)c1)C(=O)[C@@H](O)[C@@H](O)[C@H](O)[C@@H](O)CO. The monoisotopic (exact) mass is 792 g/mol. The number of pyridine rings is 1. The lowest BCUT2D eigenvalue weighted by Crippen LogP contribution is -2.53. The molecule has 5 rings (SSSR count). The van der Waals surface area contributed by atoms with Crippen LogP contribution in [0.1, 0.15) is 56.1 Å². The first-order chi connectivity index (χ1) is 25.3. The van der Waals surface area contributed by atoms with E-state index in [-0.39, 0.29) is 31.4 Å². The Hall–Kier alpha value is -2.79. The molecule has 2 aromatic carbocycles. The maximum atomic E-state index is 13.1. The number of aromatic nitrogens is 1. The summed E-state index contributed by atoms with van der Waals surface area (Å²) < 4.78 is 36.2. The minimum absolute atomic E-state index is 0.00476. The number of halogens is 1. The number of benzene rings is 2. The van der Waals surface area contributed by atoms with Crippen molar-refractivity contribution in [1.82, 2.24) is 9.88 Å². The smallest absolute Gasteiger partial charge is 0.254 e. The fourth-order valence-electron chi connectivity index (χ4n) is 6.02. The van der Waals surface area contributed by atoms with Gasteiger partial charge in [-0.3, -0.25) is 9.78 Å². The Morgan fingerprint density at radius 3 is 2.45 bits per heavy atom. The molecule has 4 atom stereocenters. The third kappa shape index (κ3) is 11.6. The number of para-hydroxylation sites is 1. The summed E-state index contributed by atoms with van der Waals surface area (Å²) in [5.74, 6) is 0.468. The molecular formula is C38H49ClN2O10S2. The number of carbonyl (C=O) groups excluding carboxylic acids is 1. The first kappa shape index (κ1) is 41.4. The zero-order valence-corrected chi connectivity index (χ0v) is 32.1. The van der Waals surface area contributed by atoms with Crippen LogP contribution in [0.2, 0.25) is 5.02 Å². The molecule has 2 aliphatic carbocycles. The van der Waals surface area contributed by atoms with E-state index in [9.17, 15) is 33.6 Å². The summed E-state index contributed by atoms with van der Waals surface area (Å²) in [6.45, 7) is -0.397. The van der Waals surface area contributed by atoms with E-state index in [2.05, 4.69) is 11.1 Å². The normalized spacial score (nSPS) is 17.5. The summed E-state index contributed by atoms with van der Waals surface area (Å²) in [4.78, 5) is 19.7. The van der Waals surface area contributed by atoms with Crippen LogP contribution in [0, 0.1) is 0 Å². The van der Waals surface area contributed by atoms with Crippen LogP contribution in [0.5, 0.6) is 5.75 Å². The molecule has 5 N–H and O–H groups in total. The third-order valence-corrected chi connectivity index (χ3v) is 11.9. The van der Waals surface area contributed by atoms with Crippen molar-refractivity contribution >= 4 is 39.1 Å². The van der Waals surface area contributed by atoms with Crippen LogP contribution in [-0.4, -0.2) is 118 Å². The van der Waals surface area contributed by atoms with Gasteiger partial charge < -0.3 is 39.9 Å². The van der Waals surface area contributed by atoms with Crippen LogP contribution in [0.15, 0.2) is 65.8 Å². The van der Waals surface area contributed by atoms with Crippen molar-refractivity contribution in [3.8, 4) is 16.9 Å². The third-order valence-electron chi connectivity index (χ3n) is 9.39. The summed E-state index contributed by atoms with van der Waals surface area (Å²) in [7, 11) is -3.30. The van der Waals surface area contributed by atoms with E-state index >= 15 is 0 Å². The molecule has 2 aliphatic rings. The van der Waals surface area contributed by atoms with E-state index < -0.39 is 52.4 Å². The Morgan fingerprint density at radius 2 is 1.75 bits per heavy atom. The van der Waals surface area contributed by atoms with Gasteiger partial charge in [-0.2, -0.15) is 0 Å². The molecule has 0 spiro atoms. The number of aliphatic hydroxyl groups is 5. The molecule has 2 saturated carbocycles. The van der Waals surface area contributed by atoms with Gasteiger partial charge in [-0.1, -0.05) is 29.8 Å². The van der Waals surface area contributed by atoms with Crippen LogP contribution >= 0.6 is 23.4 Å². The molecule has 0 unspecified atom stereocenters. The van der Waals surface area contributed by atoms with Gasteiger partial charge in [0.25, 0.3) is 5.91 Å². The number of hydrogen-bond donors (Lipinski definition) is 5. The quantitative estimate of drug-likeness (QED) is 0.0735. The van der Waals surface area contributed by atoms with Gasteiger partial charge in [0.1, 0.15) is 33.9 Å². The number of carbonyl (C=O) groups is 1. The maximum Gasteiger partial charge on any atom is 0.254 e. The van der Waals surface area contributed by atoms with E-state index in [1.165, 1.54) is 4.90 Å². The van der Waals surface area contributed by atoms with Gasteiger partial charge in [0.2, 0.25) is 0 Å². The number of unbranched alkanes of at least 4 members (excludes halogenated alkanes) is 1. The lowest BCUT2D eigenvalue weighted by molar-refractivity contribution is -0.158. The van der Waals surface area contributed by atoms with Crippen LogP contribution < -0.4 is 4.74 Å². The van der Waals surface area contributed by atoms with Gasteiger partial charge in [0.15, 0.2) is 6.10 Å². The highest BCUT2D eigenvalue weighted by atomic mass is 35.5. The largest absolute Gasteiger partial charge is 0.490 e. The Kier molecular flexibility index (Phi) is 14.6. The molecule has 15 heteroatoms. The first-order valence-electron chi connectivity index (χ1n) is 17.9. The second-order valence-electron chi connectivity index (χ2n) is 13.8. The Balaban J connectivity index is 1.16. The van der Waals surface area contributed by atoms with Crippen molar-refractivity contribution in [2.45, 2.75) is 92.6 Å². The molecule has 1 aromatic heterocycles. The second-order valence-corrected chi connectivity index (χ2v) is 17.6. The number of amides is 1. The Labute approximate surface area is 320 Å². The number of ether oxygens (including phenoxy) is 2. The average molecular weight is 793 g/mol. The second kappa shape index (κ2) is 18.7. The lowest BCUT2D eigenvalue weighted by atomic mass is 9.96. The molecule has 0 radical (unpaired) electrons. The number of rotatable bonds is 22. The predicted molar refractivity (Wildman–Crippen MR) is 202 cm³/mol. The Morgan fingerprint density at radius 1 is 1.02 bits per heavy atom. The summed E-state index contributed by atoms with van der Waals surface area (Å²) in [6, 6.07) is 15.9. The van der Waals surface area contributed by atoms with Crippen LogP contribution in [0.3, 0.4) is 0 Å². The molecule has 12 nitrogen and oxygen atoms in total. The minimum atomic E-state index is -3.30. The zero-order chi connectivity index (χ0) is 38.2. The van der Waals surface area contributed by atoms with Gasteiger partial charge in [-0.15, -0.1) is 11.8 Å². The van der Waals surface area contributed by atoms with E-state index in [4.69, 9.17) is 26.2 Å². The van der Waals surface area contributed by atoms with E-state index in [0.29, 0.717) is 30.2 Å². The maximum absolute atomic E-state index is 13.1. The number of aliphatic hydroxyl groups excluding tert-OH is 5. The minimum Gasteiger partial charge on any atom is -0.490 e. The standard InChI is InChI=1S/C38H49ClN2O10S2/c1-53(48,49)20-6-18-41(37(47)36(46)35(45)34(44)32(43)23-42)17-4-5-19-52-27-11-12-31(39)25(21-27)24-50-38(14-15-38)30-22-40-16-13-28(30)29-7-2-3-8-33(29)51-26-9-10-26/h2-3,7-8,11-13,16,21-22,26,32,34-36,42-46H,4-6,9-10,14-15,17-20,23-24H2,1H3/t32-,34+,35-,36-/m0/s1. The van der Waals surface area contributed by atoms with E-state index in [0.717, 1.165) is 64.8 Å². The molecule has 1 amide bonds. The first-order valence-corrected chi connectivity index (χ1v) is 21.3. The van der Waals surface area contributed by atoms with E-state index in [1.807, 2.05) is 48.7 Å². The predicted octanol–water partition coefficient (Wildman–Crippen LogP) is 3.72. The number of hydrogen-bond acceptors (Lipinski definition) is 12. The fraction of sp³-hybridized carbons (Fsp3) is 0.526. The lowest BCUT2D eigenvalue weighted by Gasteiger charge is -2.30. The summed E-state index contributed by atoms with van der Waals surface area (Å²) >= 11 is 8.24. The van der Waals surface area contributed by atoms with Crippen LogP contribution in [0.25, 0.3) is 11.1 Å². The zero-order valence-electron chi connectivity index (χ0n) is 29.7. The van der Waals surface area contributed by atoms with Crippen molar-refractivity contribution in [1.29, 1.82) is 0 Å². The van der Waals surface area contributed by atoms with Crippen molar-refractivity contribution in [2.75, 3.05) is 37.5 Å². The van der Waals surface area contributed by atoms with E-state index in [1.54, 1.807) is 18.0 Å². The van der Waals surface area contributed by atoms with Crippen LogP contribution in [0.4, 0.5) is 0 Å². The summed E-state index contributed by atoms with van der Waals surface area (Å²) in [5, 5.41) is 50.0. The van der Waals surface area contributed by atoms with Crippen molar-refractivity contribution in [2.24, 2.45) is 0 Å². The molecule has 0 saturated heterocycles. The highest BCUT2D eigenvalue weighted by Crippen LogP contribution is 2.53. The highest BCUT2D eigenvalue weighted by Gasteiger charge is 2.48. The van der Waals surface area contributed by atoms with Gasteiger partial charge in [0.05, 0.1) is 30.7 Å². The topological polar surface area (TPSA) is 187 Å². The van der Waals surface area contributed by atoms with Gasteiger partial charge in [-0.25, -0.2) is 8.42 Å². The number of nitrogens with zero attached hydrogens (tertiary/aromatic N) is 2. The van der Waals surface area contributed by atoms with Gasteiger partial charge in [-0.05, 0) is 92.2 Å². The van der Waals surface area contributed by atoms with Crippen LogP contribution in [-0.2, 0) is 31.6 Å².